The van der Waals surface area contributed by atoms with Gasteiger partial charge in [-0.2, -0.15) is 0 Å². The number of carbonyl (C=O) groups excluding carboxylic acids is 1. The molecule has 0 aromatic carbocycles. The van der Waals surface area contributed by atoms with Crippen LogP contribution < -0.4 is 5.32 Å². The summed E-state index contributed by atoms with van der Waals surface area (Å²) in [7, 11) is 1.73. The molecule has 3 atom stereocenters. The Morgan fingerprint density at radius 2 is 1.73 bits per heavy atom. The fourth-order valence-electron chi connectivity index (χ4n) is 3.22. The lowest BCUT2D eigenvalue weighted by atomic mass is 9.99. The lowest BCUT2D eigenvalue weighted by Crippen LogP contribution is -2.20. The summed E-state index contributed by atoms with van der Waals surface area (Å²) in [5, 5.41) is 2.72. The van der Waals surface area contributed by atoms with Gasteiger partial charge in [-0.15, -0.1) is 0 Å². The maximum atomic E-state index is 11.2. The molecular weight excluding hydrogens is 186 g/mol. The van der Waals surface area contributed by atoms with Gasteiger partial charge in [0.25, 0.3) is 0 Å². The van der Waals surface area contributed by atoms with Crippen molar-refractivity contribution in [1.29, 1.82) is 0 Å². The van der Waals surface area contributed by atoms with Crippen molar-refractivity contribution in [2.24, 2.45) is 17.8 Å². The third-order valence-electron chi connectivity index (χ3n) is 3.84. The van der Waals surface area contributed by atoms with Crippen LogP contribution in [-0.4, -0.2) is 13.0 Å². The van der Waals surface area contributed by atoms with Gasteiger partial charge in [-0.25, -0.2) is 0 Å². The van der Waals surface area contributed by atoms with Crippen LogP contribution in [0.25, 0.3) is 0 Å². The Bertz CT molecular complexity index is 191. The number of nitrogens with one attached hydrogen (secondary N) is 1. The number of fused-ring (bicyclic) bond motifs is 1. The maximum Gasteiger partial charge on any atom is 0.220 e. The molecule has 2 nitrogen and oxygen atoms in total. The second-order valence-corrected chi connectivity index (χ2v) is 4.67. The quantitative estimate of drug-likeness (QED) is 0.747. The summed E-state index contributed by atoms with van der Waals surface area (Å²) in [5.74, 6) is 2.85. The standard InChI is InChI=1S/C11H19NO.C2H6/c1-12-11(13)7-8-5-9-3-2-4-10(9)6-8;1-2/h8-10H,2-7H2,1H3,(H,12,13);1-2H3/t8?,9-,10+;. The van der Waals surface area contributed by atoms with Gasteiger partial charge >= 0.3 is 0 Å². The van der Waals surface area contributed by atoms with Gasteiger partial charge in [-0.05, 0) is 30.6 Å². The van der Waals surface area contributed by atoms with Gasteiger partial charge in [-0.3, -0.25) is 4.79 Å². The predicted molar refractivity (Wildman–Crippen MR) is 63.6 cm³/mol. The highest BCUT2D eigenvalue weighted by molar-refractivity contribution is 5.75. The van der Waals surface area contributed by atoms with Crippen LogP contribution in [0.3, 0.4) is 0 Å². The fourth-order valence-corrected chi connectivity index (χ4v) is 3.22. The zero-order chi connectivity index (χ0) is 11.3. The minimum absolute atomic E-state index is 0.227. The van der Waals surface area contributed by atoms with Gasteiger partial charge in [-0.1, -0.05) is 33.1 Å². The average Bonchev–Trinajstić information content (AvgIpc) is 2.81. The molecule has 0 aromatic heterocycles. The summed E-state index contributed by atoms with van der Waals surface area (Å²) < 4.78 is 0. The summed E-state index contributed by atoms with van der Waals surface area (Å²) in [6.07, 6.45) is 7.69. The predicted octanol–water partition coefficient (Wildman–Crippen LogP) is 2.98. The Balaban J connectivity index is 0.000000531. The molecule has 1 unspecified atom stereocenters. The molecule has 0 aliphatic heterocycles. The summed E-state index contributed by atoms with van der Waals surface area (Å²) >= 11 is 0. The molecular formula is C13H25NO. The topological polar surface area (TPSA) is 29.1 Å². The highest BCUT2D eigenvalue weighted by Gasteiger charge is 2.37. The van der Waals surface area contributed by atoms with Crippen molar-refractivity contribution in [3.05, 3.63) is 0 Å². The highest BCUT2D eigenvalue weighted by atomic mass is 16.1. The van der Waals surface area contributed by atoms with Crippen molar-refractivity contribution < 1.29 is 4.79 Å². The van der Waals surface area contributed by atoms with Crippen LogP contribution >= 0.6 is 0 Å². The van der Waals surface area contributed by atoms with Crippen molar-refractivity contribution in [3.8, 4) is 0 Å². The molecule has 2 heteroatoms. The van der Waals surface area contributed by atoms with E-state index in [4.69, 9.17) is 0 Å². The molecule has 0 bridgehead atoms. The summed E-state index contributed by atoms with van der Waals surface area (Å²) in [4.78, 5) is 11.2. The summed E-state index contributed by atoms with van der Waals surface area (Å²) in [6.45, 7) is 4.00. The zero-order valence-electron chi connectivity index (χ0n) is 10.4. The van der Waals surface area contributed by atoms with E-state index in [9.17, 15) is 4.79 Å². The van der Waals surface area contributed by atoms with E-state index >= 15 is 0 Å². The Morgan fingerprint density at radius 3 is 2.20 bits per heavy atom. The first-order chi connectivity index (χ1) is 7.29. The third kappa shape index (κ3) is 3.22. The highest BCUT2D eigenvalue weighted by Crippen LogP contribution is 2.47. The number of hydrogen-bond acceptors (Lipinski definition) is 1. The molecule has 0 aromatic rings. The van der Waals surface area contributed by atoms with E-state index in [-0.39, 0.29) is 5.91 Å². The third-order valence-corrected chi connectivity index (χ3v) is 3.84. The number of amides is 1. The molecule has 88 valence electrons. The molecule has 0 radical (unpaired) electrons. The van der Waals surface area contributed by atoms with E-state index in [1.807, 2.05) is 13.8 Å². The van der Waals surface area contributed by atoms with Crippen LogP contribution in [0.15, 0.2) is 0 Å². The molecule has 2 aliphatic rings. The van der Waals surface area contributed by atoms with Crippen LogP contribution in [0.1, 0.15) is 52.4 Å². The number of rotatable bonds is 2. The van der Waals surface area contributed by atoms with E-state index in [2.05, 4.69) is 5.32 Å². The van der Waals surface area contributed by atoms with Gasteiger partial charge in [0, 0.05) is 13.5 Å². The Kier molecular flexibility index (Phi) is 5.13. The molecule has 0 saturated heterocycles. The Morgan fingerprint density at radius 1 is 1.20 bits per heavy atom. The Labute approximate surface area is 93.8 Å². The van der Waals surface area contributed by atoms with Crippen molar-refractivity contribution in [2.75, 3.05) is 7.05 Å². The SMILES string of the molecule is CC.CNC(=O)CC1C[C@H]2CCC[C@H]2C1. The van der Waals surface area contributed by atoms with Crippen LogP contribution in [0.4, 0.5) is 0 Å². The molecule has 2 saturated carbocycles. The zero-order valence-corrected chi connectivity index (χ0v) is 10.4. The molecule has 1 amide bonds. The van der Waals surface area contributed by atoms with Gasteiger partial charge in [0.15, 0.2) is 0 Å². The van der Waals surface area contributed by atoms with Crippen molar-refractivity contribution in [3.63, 3.8) is 0 Å². The first kappa shape index (κ1) is 12.5. The Hall–Kier alpha value is -0.530. The average molecular weight is 211 g/mol. The molecule has 0 heterocycles. The van der Waals surface area contributed by atoms with E-state index in [0.717, 1.165) is 18.3 Å². The smallest absolute Gasteiger partial charge is 0.220 e. The van der Waals surface area contributed by atoms with Crippen LogP contribution in [-0.2, 0) is 4.79 Å². The van der Waals surface area contributed by atoms with Crippen LogP contribution in [0.5, 0.6) is 0 Å². The largest absolute Gasteiger partial charge is 0.359 e. The first-order valence-corrected chi connectivity index (χ1v) is 6.50. The van der Waals surface area contributed by atoms with Crippen molar-refractivity contribution >= 4 is 5.91 Å². The second-order valence-electron chi connectivity index (χ2n) is 4.67. The van der Waals surface area contributed by atoms with Gasteiger partial charge in [0.1, 0.15) is 0 Å². The van der Waals surface area contributed by atoms with E-state index in [1.54, 1.807) is 7.05 Å². The summed E-state index contributed by atoms with van der Waals surface area (Å²) in [5.41, 5.74) is 0. The number of carbonyl (C=O) groups is 1. The normalized spacial score (nSPS) is 32.9. The molecule has 1 N–H and O–H groups in total. The second kappa shape index (κ2) is 6.14. The number of hydrogen-bond donors (Lipinski definition) is 1. The molecule has 0 spiro atoms. The van der Waals surface area contributed by atoms with Crippen molar-refractivity contribution in [1.82, 2.24) is 5.32 Å². The van der Waals surface area contributed by atoms with Gasteiger partial charge in [0.05, 0.1) is 0 Å². The van der Waals surface area contributed by atoms with Crippen molar-refractivity contribution in [2.45, 2.75) is 52.4 Å². The first-order valence-electron chi connectivity index (χ1n) is 6.50. The van der Waals surface area contributed by atoms with E-state index in [0.29, 0.717) is 5.92 Å². The molecule has 2 aliphatic carbocycles. The molecule has 15 heavy (non-hydrogen) atoms. The van der Waals surface area contributed by atoms with Crippen LogP contribution in [0.2, 0.25) is 0 Å². The lowest BCUT2D eigenvalue weighted by Gasteiger charge is -2.08. The maximum absolute atomic E-state index is 11.2. The monoisotopic (exact) mass is 211 g/mol. The van der Waals surface area contributed by atoms with Gasteiger partial charge in [0.2, 0.25) is 5.91 Å². The fraction of sp³-hybridized carbons (Fsp3) is 0.923. The lowest BCUT2D eigenvalue weighted by molar-refractivity contribution is -0.121. The van der Waals surface area contributed by atoms with E-state index < -0.39 is 0 Å². The minimum atomic E-state index is 0.227. The van der Waals surface area contributed by atoms with Gasteiger partial charge < -0.3 is 5.32 Å². The van der Waals surface area contributed by atoms with Crippen LogP contribution in [0, 0.1) is 17.8 Å². The molecule has 2 fully saturated rings. The summed E-state index contributed by atoms with van der Waals surface area (Å²) in [6, 6.07) is 0. The minimum Gasteiger partial charge on any atom is -0.359 e. The molecule has 2 rings (SSSR count). The van der Waals surface area contributed by atoms with E-state index in [1.165, 1.54) is 32.1 Å².